The molecule has 0 aromatic heterocycles. The molecule has 26 heavy (non-hydrogen) atoms. The molecule has 0 saturated heterocycles. The van der Waals surface area contributed by atoms with E-state index in [9.17, 15) is 18.3 Å². The van der Waals surface area contributed by atoms with Crippen molar-refractivity contribution in [3.8, 4) is 0 Å². The zero-order valence-corrected chi connectivity index (χ0v) is 14.9. The number of carbonyl (C=O) groups is 1. The Balaban J connectivity index is 2.34. The Bertz CT molecular complexity index is 952. The third-order valence-electron chi connectivity index (χ3n) is 3.24. The van der Waals surface area contributed by atoms with Crippen LogP contribution >= 0.6 is 0 Å². The van der Waals surface area contributed by atoms with Crippen molar-refractivity contribution in [2.45, 2.75) is 0 Å². The van der Waals surface area contributed by atoms with Gasteiger partial charge in [-0.25, -0.2) is 8.42 Å². The van der Waals surface area contributed by atoms with Crippen molar-refractivity contribution in [3.05, 3.63) is 72.3 Å². The maximum Gasteiger partial charge on any atom is 0.257 e. The predicted octanol–water partition coefficient (Wildman–Crippen LogP) is 1.60. The molecule has 0 unspecified atom stereocenters. The maximum atomic E-state index is 12.6. The first-order chi connectivity index (χ1) is 12.3. The Hall–Kier alpha value is -3.13. The highest BCUT2D eigenvalue weighted by atomic mass is 32.2. The molecule has 2 aromatic rings. The summed E-state index contributed by atoms with van der Waals surface area (Å²) in [6, 6.07) is 12.6. The van der Waals surface area contributed by atoms with Crippen LogP contribution < -0.4 is 15.1 Å². The first kappa shape index (κ1) is 19.2. The van der Waals surface area contributed by atoms with Crippen LogP contribution in [0.1, 0.15) is 15.9 Å². The van der Waals surface area contributed by atoms with Gasteiger partial charge in [-0.15, -0.1) is 6.58 Å². The molecule has 0 spiro atoms. The summed E-state index contributed by atoms with van der Waals surface area (Å²) in [5.41, 5.74) is 0.789. The number of nitrogens with zero attached hydrogens (tertiary/aromatic N) is 1. The van der Waals surface area contributed by atoms with Crippen molar-refractivity contribution in [2.75, 3.05) is 22.8 Å². The van der Waals surface area contributed by atoms with Crippen molar-refractivity contribution in [2.24, 2.45) is 4.99 Å². The van der Waals surface area contributed by atoms with Crippen LogP contribution in [-0.4, -0.2) is 33.0 Å². The fraction of sp³-hybridized carbons (Fsp3) is 0.111. The van der Waals surface area contributed by atoms with E-state index in [1.54, 1.807) is 36.4 Å². The number of benzene rings is 2. The molecule has 0 fully saturated rings. The molecule has 0 heterocycles. The standard InChI is InChI=1S/C18H19N3O4S/c1-3-12-19-17(22)13-8-4-6-10-15(13)20-18(23)14-9-5-7-11-16(14)21-26(2,24)25/h3-11,21H,1,12H2,2H3,(H,19,22)(H,20,23)/p-1. The van der Waals surface area contributed by atoms with Crippen molar-refractivity contribution in [3.63, 3.8) is 0 Å². The first-order valence-corrected chi connectivity index (χ1v) is 9.51. The Kier molecular flexibility index (Phi) is 6.13. The minimum Gasteiger partial charge on any atom is -0.858 e. The number of hydrogen-bond acceptors (Lipinski definition) is 5. The monoisotopic (exact) mass is 372 g/mol. The summed E-state index contributed by atoms with van der Waals surface area (Å²) >= 11 is 0. The van der Waals surface area contributed by atoms with Crippen molar-refractivity contribution in [1.29, 1.82) is 0 Å². The summed E-state index contributed by atoms with van der Waals surface area (Å²) in [6.45, 7) is 3.67. The minimum absolute atomic E-state index is 0.128. The number of hydrogen-bond donors (Lipinski definition) is 2. The quantitative estimate of drug-likeness (QED) is 0.437. The van der Waals surface area contributed by atoms with Crippen LogP contribution in [0, 0.1) is 0 Å². The van der Waals surface area contributed by atoms with Crippen LogP contribution in [-0.2, 0) is 10.0 Å². The molecule has 0 saturated carbocycles. The van der Waals surface area contributed by atoms with Crippen LogP contribution in [0.4, 0.5) is 11.4 Å². The number of amides is 1. The second kappa shape index (κ2) is 8.30. The van der Waals surface area contributed by atoms with Gasteiger partial charge < -0.3 is 10.4 Å². The van der Waals surface area contributed by atoms with E-state index in [0.717, 1.165) is 6.26 Å². The van der Waals surface area contributed by atoms with Gasteiger partial charge in [0.2, 0.25) is 10.0 Å². The second-order valence-corrected chi connectivity index (χ2v) is 7.10. The number of carbonyl (C=O) groups excluding carboxylic acids is 1. The van der Waals surface area contributed by atoms with Gasteiger partial charge in [-0.1, -0.05) is 36.4 Å². The molecule has 0 aliphatic carbocycles. The van der Waals surface area contributed by atoms with E-state index in [1.165, 1.54) is 18.2 Å². The molecular weight excluding hydrogens is 354 g/mol. The van der Waals surface area contributed by atoms with E-state index >= 15 is 0 Å². The molecule has 7 nitrogen and oxygen atoms in total. The Morgan fingerprint density at radius 2 is 1.69 bits per heavy atom. The summed E-state index contributed by atoms with van der Waals surface area (Å²) in [7, 11) is -3.55. The molecule has 2 aromatic carbocycles. The van der Waals surface area contributed by atoms with Crippen molar-refractivity contribution < 1.29 is 18.3 Å². The lowest BCUT2D eigenvalue weighted by Crippen LogP contribution is -2.23. The second-order valence-electron chi connectivity index (χ2n) is 5.35. The highest BCUT2D eigenvalue weighted by molar-refractivity contribution is 7.92. The summed E-state index contributed by atoms with van der Waals surface area (Å²) in [4.78, 5) is 16.4. The van der Waals surface area contributed by atoms with Crippen molar-refractivity contribution in [1.82, 2.24) is 0 Å². The molecular formula is C18H18N3O4S-. The van der Waals surface area contributed by atoms with Gasteiger partial charge in [-0.3, -0.25) is 14.5 Å². The normalized spacial score (nSPS) is 11.7. The average Bonchev–Trinajstić information content (AvgIpc) is 2.59. The fourth-order valence-electron chi connectivity index (χ4n) is 2.17. The molecule has 0 atom stereocenters. The Labute approximate surface area is 152 Å². The minimum atomic E-state index is -3.55. The van der Waals surface area contributed by atoms with Crippen LogP contribution in [0.2, 0.25) is 0 Å². The third kappa shape index (κ3) is 5.18. The summed E-state index contributed by atoms with van der Waals surface area (Å²) in [5.74, 6) is -1.04. The highest BCUT2D eigenvalue weighted by Gasteiger charge is 2.15. The lowest BCUT2D eigenvalue weighted by molar-refractivity contribution is -0.213. The number of sulfonamides is 1. The molecule has 0 radical (unpaired) electrons. The van der Waals surface area contributed by atoms with Gasteiger partial charge in [-0.2, -0.15) is 0 Å². The fourth-order valence-corrected chi connectivity index (χ4v) is 2.75. The SMILES string of the molecule is C=CCN=C([O-])c1ccccc1NC(=O)c1ccccc1NS(C)(=O)=O. The van der Waals surface area contributed by atoms with E-state index in [1.807, 2.05) is 0 Å². The zero-order valence-electron chi connectivity index (χ0n) is 14.1. The first-order valence-electron chi connectivity index (χ1n) is 7.61. The molecule has 0 aliphatic rings. The van der Waals surface area contributed by atoms with Gasteiger partial charge in [-0.05, 0) is 24.1 Å². The van der Waals surface area contributed by atoms with Gasteiger partial charge in [0.1, 0.15) is 0 Å². The molecule has 0 aliphatic heterocycles. The van der Waals surface area contributed by atoms with E-state index < -0.39 is 21.8 Å². The highest BCUT2D eigenvalue weighted by Crippen LogP contribution is 2.20. The Morgan fingerprint density at radius 1 is 1.12 bits per heavy atom. The summed E-state index contributed by atoms with van der Waals surface area (Å²) in [5, 5.41) is 14.8. The maximum absolute atomic E-state index is 12.6. The third-order valence-corrected chi connectivity index (χ3v) is 3.83. The number of para-hydroxylation sites is 2. The van der Waals surface area contributed by atoms with E-state index in [4.69, 9.17) is 0 Å². The van der Waals surface area contributed by atoms with Crippen LogP contribution in [0.5, 0.6) is 0 Å². The number of rotatable bonds is 7. The molecule has 8 heteroatoms. The number of nitrogens with one attached hydrogen (secondary N) is 2. The van der Waals surface area contributed by atoms with Gasteiger partial charge in [0.15, 0.2) is 0 Å². The predicted molar refractivity (Wildman–Crippen MR) is 101 cm³/mol. The van der Waals surface area contributed by atoms with E-state index in [0.29, 0.717) is 0 Å². The van der Waals surface area contributed by atoms with Crippen LogP contribution in [0.25, 0.3) is 0 Å². The topological polar surface area (TPSA) is 111 Å². The lowest BCUT2D eigenvalue weighted by atomic mass is 10.1. The Morgan fingerprint density at radius 3 is 2.31 bits per heavy atom. The largest absolute Gasteiger partial charge is 0.858 e. The van der Waals surface area contributed by atoms with E-state index in [2.05, 4.69) is 21.6 Å². The number of aliphatic imine (C=N–C) groups is 1. The molecule has 2 N–H and O–H groups in total. The smallest absolute Gasteiger partial charge is 0.257 e. The summed E-state index contributed by atoms with van der Waals surface area (Å²) in [6.07, 6.45) is 2.49. The van der Waals surface area contributed by atoms with Crippen LogP contribution in [0.15, 0.2) is 66.2 Å². The summed E-state index contributed by atoms with van der Waals surface area (Å²) < 4.78 is 25.2. The van der Waals surface area contributed by atoms with Gasteiger partial charge in [0.05, 0.1) is 24.1 Å². The van der Waals surface area contributed by atoms with Gasteiger partial charge in [0.25, 0.3) is 5.91 Å². The molecule has 2 rings (SSSR count). The molecule has 0 bridgehead atoms. The molecule has 136 valence electrons. The van der Waals surface area contributed by atoms with Crippen LogP contribution in [0.3, 0.4) is 0 Å². The van der Waals surface area contributed by atoms with Gasteiger partial charge in [0, 0.05) is 11.3 Å². The average molecular weight is 372 g/mol. The number of anilines is 2. The lowest BCUT2D eigenvalue weighted by Gasteiger charge is -2.17. The van der Waals surface area contributed by atoms with Crippen molar-refractivity contribution >= 4 is 33.2 Å². The zero-order chi connectivity index (χ0) is 19.2. The van der Waals surface area contributed by atoms with E-state index in [-0.39, 0.29) is 29.0 Å². The van der Waals surface area contributed by atoms with Gasteiger partial charge >= 0.3 is 0 Å². The molecule has 1 amide bonds.